The maximum atomic E-state index is 12.0. The van der Waals surface area contributed by atoms with Gasteiger partial charge in [-0.15, -0.1) is 0 Å². The highest BCUT2D eigenvalue weighted by molar-refractivity contribution is 9.10. The number of ether oxygens (including phenoxy) is 2. The van der Waals surface area contributed by atoms with Crippen molar-refractivity contribution in [2.24, 2.45) is 0 Å². The molecule has 0 aliphatic rings. The summed E-state index contributed by atoms with van der Waals surface area (Å²) in [5.74, 6) is -0.707. The van der Waals surface area contributed by atoms with Crippen LogP contribution in [0.5, 0.6) is 0 Å². The molecule has 0 N–H and O–H groups in total. The van der Waals surface area contributed by atoms with Crippen LogP contribution in [0.25, 0.3) is 0 Å². The Kier molecular flexibility index (Phi) is 7.80. The van der Waals surface area contributed by atoms with Crippen LogP contribution in [0.4, 0.5) is 0 Å². The molecule has 0 amide bonds. The van der Waals surface area contributed by atoms with Gasteiger partial charge in [0.25, 0.3) is 0 Å². The number of methoxy groups -OCH3 is 2. The van der Waals surface area contributed by atoms with Crippen molar-refractivity contribution in [3.63, 3.8) is 0 Å². The number of carbonyl (C=O) groups excluding carboxylic acids is 3. The molecule has 1 rings (SSSR count). The number of hydrogen-bond acceptors (Lipinski definition) is 5. The van der Waals surface area contributed by atoms with Crippen LogP contribution in [0.2, 0.25) is 0 Å². The van der Waals surface area contributed by atoms with Gasteiger partial charge in [0.15, 0.2) is 0 Å². The number of esters is 2. The fourth-order valence-electron chi connectivity index (χ4n) is 2.01. The molecule has 0 saturated heterocycles. The third-order valence-corrected chi connectivity index (χ3v) is 3.67. The van der Waals surface area contributed by atoms with Crippen molar-refractivity contribution < 1.29 is 23.9 Å². The van der Waals surface area contributed by atoms with Gasteiger partial charge in [-0.25, -0.2) is 4.79 Å². The molecule has 1 aromatic rings. The van der Waals surface area contributed by atoms with Crippen LogP contribution in [0.3, 0.4) is 0 Å². The lowest BCUT2D eigenvalue weighted by Gasteiger charge is -2.08. The zero-order chi connectivity index (χ0) is 16.5. The van der Waals surface area contributed by atoms with E-state index in [0.29, 0.717) is 36.8 Å². The van der Waals surface area contributed by atoms with Gasteiger partial charge in [0, 0.05) is 23.7 Å². The smallest absolute Gasteiger partial charge is 0.338 e. The highest BCUT2D eigenvalue weighted by Gasteiger charge is 2.15. The summed E-state index contributed by atoms with van der Waals surface area (Å²) < 4.78 is 10.1. The molecule has 0 aliphatic heterocycles. The van der Waals surface area contributed by atoms with Crippen molar-refractivity contribution in [2.75, 3.05) is 14.2 Å². The Balaban J connectivity index is 2.58. The van der Waals surface area contributed by atoms with E-state index in [1.807, 2.05) is 0 Å². The number of halogens is 1. The molecule has 6 heteroatoms. The average Bonchev–Trinajstić information content (AvgIpc) is 2.50. The van der Waals surface area contributed by atoms with E-state index < -0.39 is 5.97 Å². The van der Waals surface area contributed by atoms with Crippen LogP contribution in [-0.4, -0.2) is 31.9 Å². The summed E-state index contributed by atoms with van der Waals surface area (Å²) in [6.07, 6.45) is 2.08. The summed E-state index contributed by atoms with van der Waals surface area (Å²) in [6.45, 7) is 0. The minimum atomic E-state index is -0.457. The first-order valence-corrected chi connectivity index (χ1v) is 7.72. The highest BCUT2D eigenvalue weighted by Crippen LogP contribution is 2.19. The number of unbranched alkanes of at least 4 members (excludes halogenated alkanes) is 1. The van der Waals surface area contributed by atoms with Crippen molar-refractivity contribution in [1.82, 2.24) is 0 Å². The van der Waals surface area contributed by atoms with Gasteiger partial charge in [-0.05, 0) is 36.6 Å². The number of benzene rings is 1. The van der Waals surface area contributed by atoms with E-state index in [2.05, 4.69) is 20.7 Å². The topological polar surface area (TPSA) is 69.7 Å². The van der Waals surface area contributed by atoms with Crippen LogP contribution in [0, 0.1) is 0 Å². The van der Waals surface area contributed by atoms with Gasteiger partial charge in [0.2, 0.25) is 0 Å². The van der Waals surface area contributed by atoms with Crippen molar-refractivity contribution in [1.29, 1.82) is 0 Å². The van der Waals surface area contributed by atoms with E-state index >= 15 is 0 Å². The van der Waals surface area contributed by atoms with Gasteiger partial charge in [-0.1, -0.05) is 15.9 Å². The summed E-state index contributed by atoms with van der Waals surface area (Å²) in [6, 6.07) is 5.12. The first-order valence-electron chi connectivity index (χ1n) is 6.93. The van der Waals surface area contributed by atoms with Crippen molar-refractivity contribution >= 4 is 33.7 Å². The first-order chi connectivity index (χ1) is 10.5. The summed E-state index contributed by atoms with van der Waals surface area (Å²) in [7, 11) is 2.65. The molecule has 0 atom stereocenters. The molecule has 0 radical (unpaired) electrons. The second kappa shape index (κ2) is 9.35. The van der Waals surface area contributed by atoms with Crippen LogP contribution < -0.4 is 0 Å². The monoisotopic (exact) mass is 370 g/mol. The number of Topliss-reactive ketones (excluding diaryl/α,β-unsaturated/α-hetero) is 1. The van der Waals surface area contributed by atoms with Gasteiger partial charge in [0.1, 0.15) is 5.78 Å². The van der Waals surface area contributed by atoms with E-state index in [9.17, 15) is 14.4 Å². The Bertz CT molecular complexity index is 553. The van der Waals surface area contributed by atoms with Crippen molar-refractivity contribution in [3.05, 3.63) is 33.8 Å². The lowest BCUT2D eigenvalue weighted by molar-refractivity contribution is -0.140. The Hall–Kier alpha value is -1.69. The second-order valence-corrected chi connectivity index (χ2v) is 5.71. The Labute approximate surface area is 138 Å². The minimum absolute atomic E-state index is 0.0214. The number of carbonyl (C=O) groups is 3. The van der Waals surface area contributed by atoms with Gasteiger partial charge in [-0.3, -0.25) is 9.59 Å². The van der Waals surface area contributed by atoms with E-state index in [1.165, 1.54) is 14.2 Å². The van der Waals surface area contributed by atoms with Crippen LogP contribution in [-0.2, 0) is 25.5 Å². The molecule has 120 valence electrons. The molecule has 0 spiro atoms. The lowest BCUT2D eigenvalue weighted by Crippen LogP contribution is -2.10. The highest BCUT2D eigenvalue weighted by atomic mass is 79.9. The van der Waals surface area contributed by atoms with Crippen molar-refractivity contribution in [3.8, 4) is 0 Å². The summed E-state index contributed by atoms with van der Waals surface area (Å²) >= 11 is 3.33. The summed E-state index contributed by atoms with van der Waals surface area (Å²) in [5.41, 5.74) is 1.04. The molecule has 0 aromatic heterocycles. The van der Waals surface area contributed by atoms with Crippen LogP contribution in [0.1, 0.15) is 41.6 Å². The standard InChI is InChI=1S/C16H19BrO5/c1-21-15(19)6-4-3-5-13(18)10-11-9-12(17)7-8-14(11)16(20)22-2/h7-9H,3-6,10H2,1-2H3. The minimum Gasteiger partial charge on any atom is -0.469 e. The third kappa shape index (κ3) is 5.97. The molecule has 0 heterocycles. The van der Waals surface area contributed by atoms with Gasteiger partial charge < -0.3 is 9.47 Å². The predicted octanol–water partition coefficient (Wildman–Crippen LogP) is 3.08. The Morgan fingerprint density at radius 3 is 2.36 bits per heavy atom. The lowest BCUT2D eigenvalue weighted by atomic mass is 9.99. The van der Waals surface area contributed by atoms with Crippen LogP contribution >= 0.6 is 15.9 Å². The van der Waals surface area contributed by atoms with Crippen LogP contribution in [0.15, 0.2) is 22.7 Å². The Morgan fingerprint density at radius 1 is 1.05 bits per heavy atom. The molecule has 1 aromatic carbocycles. The average molecular weight is 371 g/mol. The molecular formula is C16H19BrO5. The molecule has 22 heavy (non-hydrogen) atoms. The molecule has 0 saturated carbocycles. The molecule has 0 unspecified atom stereocenters. The number of ketones is 1. The number of rotatable bonds is 8. The van der Waals surface area contributed by atoms with E-state index in [4.69, 9.17) is 4.74 Å². The number of hydrogen-bond donors (Lipinski definition) is 0. The fraction of sp³-hybridized carbons (Fsp3) is 0.438. The normalized spacial score (nSPS) is 10.1. The zero-order valence-electron chi connectivity index (χ0n) is 12.7. The summed E-state index contributed by atoms with van der Waals surface area (Å²) in [5, 5.41) is 0. The Morgan fingerprint density at radius 2 is 1.73 bits per heavy atom. The molecule has 0 fully saturated rings. The van der Waals surface area contributed by atoms with E-state index in [0.717, 1.165) is 4.47 Å². The largest absolute Gasteiger partial charge is 0.469 e. The maximum absolute atomic E-state index is 12.0. The predicted molar refractivity (Wildman–Crippen MR) is 84.7 cm³/mol. The van der Waals surface area contributed by atoms with E-state index in [1.54, 1.807) is 18.2 Å². The van der Waals surface area contributed by atoms with Gasteiger partial charge >= 0.3 is 11.9 Å². The SMILES string of the molecule is COC(=O)CCCCC(=O)Cc1cc(Br)ccc1C(=O)OC. The molecule has 5 nitrogen and oxygen atoms in total. The van der Waals surface area contributed by atoms with Gasteiger partial charge in [-0.2, -0.15) is 0 Å². The van der Waals surface area contributed by atoms with E-state index in [-0.39, 0.29) is 18.2 Å². The zero-order valence-corrected chi connectivity index (χ0v) is 14.3. The summed E-state index contributed by atoms with van der Waals surface area (Å²) in [4.78, 5) is 34.7. The fourth-order valence-corrected chi connectivity index (χ4v) is 2.42. The molecule has 0 aliphatic carbocycles. The molecule has 0 bridgehead atoms. The van der Waals surface area contributed by atoms with Gasteiger partial charge in [0.05, 0.1) is 19.8 Å². The molecular weight excluding hydrogens is 352 g/mol. The first kappa shape index (κ1) is 18.4. The maximum Gasteiger partial charge on any atom is 0.338 e. The quantitative estimate of drug-likeness (QED) is 0.519. The van der Waals surface area contributed by atoms with Crippen molar-refractivity contribution in [2.45, 2.75) is 32.1 Å². The second-order valence-electron chi connectivity index (χ2n) is 4.79. The third-order valence-electron chi connectivity index (χ3n) is 3.17.